The molecule has 0 radical (unpaired) electrons. The van der Waals surface area contributed by atoms with Gasteiger partial charge in [-0.25, -0.2) is 9.78 Å². The molecule has 0 amide bonds. The van der Waals surface area contributed by atoms with Gasteiger partial charge >= 0.3 is 5.97 Å². The van der Waals surface area contributed by atoms with E-state index in [1.807, 2.05) is 52.0 Å². The van der Waals surface area contributed by atoms with Crippen LogP contribution in [0.4, 0.5) is 0 Å². The molecule has 3 aromatic rings. The first kappa shape index (κ1) is 25.2. The van der Waals surface area contributed by atoms with Gasteiger partial charge in [-0.15, -0.1) is 0 Å². The quantitative estimate of drug-likeness (QED) is 0.361. The summed E-state index contributed by atoms with van der Waals surface area (Å²) in [6, 6.07) is 10.1. The smallest absolute Gasteiger partial charge is 0.339 e. The van der Waals surface area contributed by atoms with Crippen LogP contribution in [-0.4, -0.2) is 28.2 Å². The van der Waals surface area contributed by atoms with Gasteiger partial charge in [-0.3, -0.25) is 0 Å². The number of fused-ring (bicyclic) bond motifs is 1. The van der Waals surface area contributed by atoms with Gasteiger partial charge in [0.1, 0.15) is 5.65 Å². The van der Waals surface area contributed by atoms with Crippen LogP contribution in [0.1, 0.15) is 62.2 Å². The Kier molecular flexibility index (Phi) is 6.46. The third-order valence-electron chi connectivity index (χ3n) is 6.82. The minimum atomic E-state index is -0.959. The third kappa shape index (κ3) is 4.68. The highest BCUT2D eigenvalue weighted by atomic mass is 35.5. The number of nitrogens with zero attached hydrogens (tertiary/aromatic N) is 3. The van der Waals surface area contributed by atoms with E-state index in [0.717, 1.165) is 46.3 Å². The Morgan fingerprint density at radius 2 is 1.86 bits per heavy atom. The van der Waals surface area contributed by atoms with Crippen molar-refractivity contribution in [3.8, 4) is 17.2 Å². The number of benzene rings is 1. The standard InChI is InChI=1S/C28H32ClN3O3/c1-16-18(3)32(15-28(14-30)12-13-28)25-21(16)23(19-8-10-20(29)11-9-19)22(17(2)31-25)24(26(33)34-7)35-27(4,5)6/h8-11,24H,12-13,15H2,1-7H3. The molecular formula is C28H32ClN3O3. The zero-order valence-electron chi connectivity index (χ0n) is 21.5. The number of aromatic nitrogens is 2. The Hall–Kier alpha value is -2.88. The molecule has 1 aliphatic rings. The van der Waals surface area contributed by atoms with E-state index in [2.05, 4.69) is 24.5 Å². The number of carbonyl (C=O) groups excluding carboxylic acids is 1. The van der Waals surface area contributed by atoms with Gasteiger partial charge < -0.3 is 14.0 Å². The van der Waals surface area contributed by atoms with Gasteiger partial charge in [-0.1, -0.05) is 23.7 Å². The molecular weight excluding hydrogens is 462 g/mol. The summed E-state index contributed by atoms with van der Waals surface area (Å²) in [7, 11) is 1.37. The Labute approximate surface area is 211 Å². The molecule has 2 aromatic heterocycles. The maximum Gasteiger partial charge on any atom is 0.339 e. The van der Waals surface area contributed by atoms with E-state index in [1.54, 1.807) is 0 Å². The van der Waals surface area contributed by atoms with Gasteiger partial charge in [0, 0.05) is 39.5 Å². The summed E-state index contributed by atoms with van der Waals surface area (Å²) in [5, 5.41) is 11.3. The zero-order valence-corrected chi connectivity index (χ0v) is 22.2. The molecule has 1 aromatic carbocycles. The SMILES string of the molecule is COC(=O)C(OC(C)(C)C)c1c(C)nc2c(c(C)c(C)n2CC2(C#N)CC2)c1-c1ccc(Cl)cc1. The molecule has 1 fully saturated rings. The van der Waals surface area contributed by atoms with Crippen molar-refractivity contribution < 1.29 is 14.3 Å². The molecule has 0 saturated heterocycles. The molecule has 35 heavy (non-hydrogen) atoms. The number of ether oxygens (including phenoxy) is 2. The molecule has 1 saturated carbocycles. The van der Waals surface area contributed by atoms with E-state index in [9.17, 15) is 10.1 Å². The normalized spacial score (nSPS) is 15.6. The van der Waals surface area contributed by atoms with E-state index in [-0.39, 0.29) is 5.41 Å². The lowest BCUT2D eigenvalue weighted by molar-refractivity contribution is -0.164. The lowest BCUT2D eigenvalue weighted by Crippen LogP contribution is -2.29. The van der Waals surface area contributed by atoms with Gasteiger partial charge in [0.25, 0.3) is 0 Å². The van der Waals surface area contributed by atoms with E-state index in [0.29, 0.717) is 22.8 Å². The van der Waals surface area contributed by atoms with Crippen molar-refractivity contribution in [2.45, 2.75) is 72.6 Å². The van der Waals surface area contributed by atoms with Crippen LogP contribution in [0.2, 0.25) is 5.02 Å². The van der Waals surface area contributed by atoms with Crippen molar-refractivity contribution in [1.82, 2.24) is 9.55 Å². The van der Waals surface area contributed by atoms with E-state index < -0.39 is 17.7 Å². The maximum absolute atomic E-state index is 13.1. The van der Waals surface area contributed by atoms with Crippen LogP contribution in [0.5, 0.6) is 0 Å². The van der Waals surface area contributed by atoms with Crippen molar-refractivity contribution in [3.05, 3.63) is 51.8 Å². The van der Waals surface area contributed by atoms with Crippen molar-refractivity contribution in [1.29, 1.82) is 5.26 Å². The number of hydrogen-bond donors (Lipinski definition) is 0. The van der Waals surface area contributed by atoms with Crippen molar-refractivity contribution in [2.75, 3.05) is 7.11 Å². The number of halogens is 1. The van der Waals surface area contributed by atoms with Crippen LogP contribution in [0, 0.1) is 37.5 Å². The summed E-state index contributed by atoms with van der Waals surface area (Å²) in [5.74, 6) is -0.477. The fourth-order valence-corrected chi connectivity index (χ4v) is 4.80. The van der Waals surface area contributed by atoms with E-state index in [1.165, 1.54) is 7.11 Å². The van der Waals surface area contributed by atoms with Crippen molar-refractivity contribution >= 4 is 28.6 Å². The number of aryl methyl sites for hydroxylation is 2. The summed E-state index contributed by atoms with van der Waals surface area (Å²) < 4.78 is 13.6. The Bertz CT molecular complexity index is 1340. The van der Waals surface area contributed by atoms with Crippen LogP contribution < -0.4 is 0 Å². The second-order valence-electron chi connectivity index (χ2n) is 10.5. The number of rotatable bonds is 6. The summed E-state index contributed by atoms with van der Waals surface area (Å²) in [4.78, 5) is 18.1. The van der Waals surface area contributed by atoms with Gasteiger partial charge in [0.15, 0.2) is 6.10 Å². The average Bonchev–Trinajstić information content (AvgIpc) is 3.55. The maximum atomic E-state index is 13.1. The second kappa shape index (κ2) is 8.96. The van der Waals surface area contributed by atoms with Crippen molar-refractivity contribution in [2.24, 2.45) is 5.41 Å². The highest BCUT2D eigenvalue weighted by molar-refractivity contribution is 6.30. The van der Waals surface area contributed by atoms with Crippen LogP contribution >= 0.6 is 11.6 Å². The van der Waals surface area contributed by atoms with Gasteiger partial charge in [-0.05, 0) is 77.6 Å². The fourth-order valence-electron chi connectivity index (χ4n) is 4.67. The number of esters is 1. The third-order valence-corrected chi connectivity index (χ3v) is 7.07. The fraction of sp³-hybridized carbons (Fsp3) is 0.464. The predicted molar refractivity (Wildman–Crippen MR) is 137 cm³/mol. The first-order chi connectivity index (χ1) is 16.4. The summed E-state index contributed by atoms with van der Waals surface area (Å²) >= 11 is 6.22. The molecule has 1 atom stereocenters. The molecule has 7 heteroatoms. The second-order valence-corrected chi connectivity index (χ2v) is 10.9. The largest absolute Gasteiger partial charge is 0.467 e. The van der Waals surface area contributed by atoms with Gasteiger partial charge in [-0.2, -0.15) is 5.26 Å². The zero-order chi connectivity index (χ0) is 25.7. The average molecular weight is 494 g/mol. The highest BCUT2D eigenvalue weighted by Crippen LogP contribution is 2.48. The number of methoxy groups -OCH3 is 1. The van der Waals surface area contributed by atoms with Crippen LogP contribution in [0.3, 0.4) is 0 Å². The first-order valence-corrected chi connectivity index (χ1v) is 12.2. The Morgan fingerprint density at radius 3 is 2.37 bits per heavy atom. The summed E-state index contributed by atoms with van der Waals surface area (Å²) in [5.41, 5.74) is 5.16. The monoisotopic (exact) mass is 493 g/mol. The summed E-state index contributed by atoms with van der Waals surface area (Å²) in [6.45, 7) is 12.4. The summed E-state index contributed by atoms with van der Waals surface area (Å²) in [6.07, 6.45) is 0.832. The Balaban J connectivity index is 2.08. The molecule has 1 aliphatic carbocycles. The number of hydrogen-bond acceptors (Lipinski definition) is 5. The lowest BCUT2D eigenvalue weighted by atomic mass is 9.91. The lowest BCUT2D eigenvalue weighted by Gasteiger charge is -2.29. The van der Waals surface area contributed by atoms with E-state index >= 15 is 0 Å². The molecule has 6 nitrogen and oxygen atoms in total. The topological polar surface area (TPSA) is 77.1 Å². The minimum absolute atomic E-state index is 0.332. The molecule has 0 bridgehead atoms. The molecule has 0 N–H and O–H groups in total. The highest BCUT2D eigenvalue weighted by Gasteiger charge is 2.44. The van der Waals surface area contributed by atoms with Gasteiger partial charge in [0.05, 0.1) is 24.2 Å². The number of pyridine rings is 1. The molecule has 2 heterocycles. The minimum Gasteiger partial charge on any atom is -0.467 e. The first-order valence-electron chi connectivity index (χ1n) is 11.8. The van der Waals surface area contributed by atoms with E-state index in [4.69, 9.17) is 26.1 Å². The molecule has 0 spiro atoms. The number of carbonyl (C=O) groups is 1. The molecule has 0 aliphatic heterocycles. The van der Waals surface area contributed by atoms with Crippen LogP contribution in [0.15, 0.2) is 24.3 Å². The predicted octanol–water partition coefficient (Wildman–Crippen LogP) is 6.61. The number of nitriles is 1. The van der Waals surface area contributed by atoms with Gasteiger partial charge in [0.2, 0.25) is 0 Å². The molecule has 4 rings (SSSR count). The van der Waals surface area contributed by atoms with Crippen molar-refractivity contribution in [3.63, 3.8) is 0 Å². The van der Waals surface area contributed by atoms with Crippen LogP contribution in [0.25, 0.3) is 22.2 Å². The van der Waals surface area contributed by atoms with Crippen LogP contribution in [-0.2, 0) is 20.8 Å². The molecule has 184 valence electrons. The molecule has 1 unspecified atom stereocenters. The Morgan fingerprint density at radius 1 is 1.23 bits per heavy atom.